The lowest BCUT2D eigenvalue weighted by molar-refractivity contribution is -0.138. The molecule has 2 atom stereocenters. The predicted octanol–water partition coefficient (Wildman–Crippen LogP) is 1.14. The molecule has 2 aliphatic rings. The summed E-state index contributed by atoms with van der Waals surface area (Å²) in [6.07, 6.45) is 7.19. The summed E-state index contributed by atoms with van der Waals surface area (Å²) in [4.78, 5) is 33.2. The van der Waals surface area contributed by atoms with E-state index in [1.807, 2.05) is 16.8 Å². The molecule has 2 fully saturated rings. The summed E-state index contributed by atoms with van der Waals surface area (Å²) in [5, 5.41) is 3.28. The van der Waals surface area contributed by atoms with E-state index in [1.165, 1.54) is 0 Å². The van der Waals surface area contributed by atoms with Gasteiger partial charge in [0.15, 0.2) is 0 Å². The van der Waals surface area contributed by atoms with Crippen molar-refractivity contribution in [2.75, 3.05) is 33.2 Å². The van der Waals surface area contributed by atoms with Gasteiger partial charge >= 0.3 is 0 Å². The fourth-order valence-corrected chi connectivity index (χ4v) is 3.71. The summed E-state index contributed by atoms with van der Waals surface area (Å²) in [6.45, 7) is 2.88. The molecule has 0 aliphatic carbocycles. The molecule has 6 heteroatoms. The highest BCUT2D eigenvalue weighted by molar-refractivity contribution is 5.94. The number of piperidine rings is 2. The Kier molecular flexibility index (Phi) is 5.45. The Labute approximate surface area is 143 Å². The third kappa shape index (κ3) is 3.75. The Hall–Kier alpha value is -1.95. The van der Waals surface area contributed by atoms with Crippen molar-refractivity contribution in [2.45, 2.75) is 31.7 Å². The Morgan fingerprint density at radius 1 is 1.08 bits per heavy atom. The van der Waals surface area contributed by atoms with Crippen LogP contribution in [-0.2, 0) is 4.79 Å². The van der Waals surface area contributed by atoms with Crippen LogP contribution in [0.5, 0.6) is 0 Å². The number of amides is 2. The molecule has 2 saturated heterocycles. The average molecular weight is 330 g/mol. The summed E-state index contributed by atoms with van der Waals surface area (Å²) >= 11 is 0. The van der Waals surface area contributed by atoms with Crippen LogP contribution in [0, 0.1) is 5.92 Å². The van der Waals surface area contributed by atoms with Crippen molar-refractivity contribution >= 4 is 11.8 Å². The first kappa shape index (κ1) is 16.9. The summed E-state index contributed by atoms with van der Waals surface area (Å²) in [5.74, 6) is 0.143. The molecule has 3 rings (SSSR count). The number of likely N-dealkylation sites (N-methyl/N-ethyl adjacent to an activating group) is 1. The molecule has 1 aromatic heterocycles. The van der Waals surface area contributed by atoms with Gasteiger partial charge in [0.2, 0.25) is 5.91 Å². The second kappa shape index (κ2) is 7.75. The molecule has 24 heavy (non-hydrogen) atoms. The lowest BCUT2D eigenvalue weighted by Gasteiger charge is -2.38. The zero-order chi connectivity index (χ0) is 16.9. The van der Waals surface area contributed by atoms with Crippen LogP contribution in [0.1, 0.15) is 36.0 Å². The fourth-order valence-electron chi connectivity index (χ4n) is 3.71. The van der Waals surface area contributed by atoms with Gasteiger partial charge in [-0.1, -0.05) is 0 Å². The average Bonchev–Trinajstić information content (AvgIpc) is 2.67. The quantitative estimate of drug-likeness (QED) is 0.903. The van der Waals surface area contributed by atoms with Crippen LogP contribution in [0.15, 0.2) is 24.5 Å². The van der Waals surface area contributed by atoms with Crippen molar-refractivity contribution in [3.63, 3.8) is 0 Å². The largest absolute Gasteiger partial charge is 0.341 e. The van der Waals surface area contributed by atoms with Crippen LogP contribution in [0.3, 0.4) is 0 Å². The highest BCUT2D eigenvalue weighted by Gasteiger charge is 2.33. The minimum atomic E-state index is -0.0693. The lowest BCUT2D eigenvalue weighted by atomic mass is 9.94. The molecule has 0 spiro atoms. The maximum atomic E-state index is 12.9. The fraction of sp³-hybridized carbons (Fsp3) is 0.611. The van der Waals surface area contributed by atoms with E-state index in [1.54, 1.807) is 24.5 Å². The summed E-state index contributed by atoms with van der Waals surface area (Å²) < 4.78 is 0. The molecule has 0 aromatic carbocycles. The number of carbonyl (C=O) groups is 2. The monoisotopic (exact) mass is 330 g/mol. The number of pyridine rings is 1. The van der Waals surface area contributed by atoms with Crippen molar-refractivity contribution < 1.29 is 9.59 Å². The molecule has 0 saturated carbocycles. The number of likely N-dealkylation sites (tertiary alicyclic amines) is 2. The molecule has 0 radical (unpaired) electrons. The van der Waals surface area contributed by atoms with Crippen LogP contribution in [0.25, 0.3) is 0 Å². The Balaban J connectivity index is 1.62. The van der Waals surface area contributed by atoms with Gasteiger partial charge in [-0.15, -0.1) is 0 Å². The van der Waals surface area contributed by atoms with Crippen LogP contribution < -0.4 is 5.32 Å². The van der Waals surface area contributed by atoms with Crippen LogP contribution in [-0.4, -0.2) is 65.9 Å². The van der Waals surface area contributed by atoms with Gasteiger partial charge in [-0.3, -0.25) is 14.6 Å². The number of rotatable bonds is 3. The smallest absolute Gasteiger partial charge is 0.253 e. The standard InChI is InChI=1S/C18H26N4O2/c1-19-16-5-3-11-22(13-16)18(24)15-4-2-10-21(12-15)17(23)14-6-8-20-9-7-14/h6-9,15-16,19H,2-5,10-13H2,1H3. The maximum absolute atomic E-state index is 12.9. The molecular formula is C18H26N4O2. The van der Waals surface area contributed by atoms with Crippen molar-refractivity contribution in [3.05, 3.63) is 30.1 Å². The Morgan fingerprint density at radius 3 is 2.54 bits per heavy atom. The van der Waals surface area contributed by atoms with Gasteiger partial charge in [0.05, 0.1) is 5.92 Å². The van der Waals surface area contributed by atoms with Gasteiger partial charge in [-0.05, 0) is 44.9 Å². The SMILES string of the molecule is CNC1CCCN(C(=O)C2CCCN(C(=O)c3ccncc3)C2)C1. The predicted molar refractivity (Wildman–Crippen MR) is 91.5 cm³/mol. The van der Waals surface area contributed by atoms with E-state index >= 15 is 0 Å². The number of hydrogen-bond acceptors (Lipinski definition) is 4. The highest BCUT2D eigenvalue weighted by Crippen LogP contribution is 2.22. The maximum Gasteiger partial charge on any atom is 0.253 e. The van der Waals surface area contributed by atoms with Crippen molar-refractivity contribution in [3.8, 4) is 0 Å². The van der Waals surface area contributed by atoms with Crippen LogP contribution >= 0.6 is 0 Å². The molecule has 0 bridgehead atoms. The van der Waals surface area contributed by atoms with Gasteiger partial charge < -0.3 is 15.1 Å². The first-order valence-electron chi connectivity index (χ1n) is 8.84. The Bertz CT molecular complexity index is 578. The van der Waals surface area contributed by atoms with Crippen LogP contribution in [0.4, 0.5) is 0 Å². The normalized spacial score (nSPS) is 24.7. The van der Waals surface area contributed by atoms with Gasteiger partial charge in [0.1, 0.15) is 0 Å². The van der Waals surface area contributed by atoms with E-state index < -0.39 is 0 Å². The van der Waals surface area contributed by atoms with E-state index in [4.69, 9.17) is 0 Å². The molecule has 6 nitrogen and oxygen atoms in total. The molecule has 130 valence electrons. The first-order valence-corrected chi connectivity index (χ1v) is 8.84. The second-order valence-electron chi connectivity index (χ2n) is 6.74. The number of nitrogens with one attached hydrogen (secondary N) is 1. The molecule has 1 N–H and O–H groups in total. The van der Waals surface area contributed by atoms with Gasteiger partial charge in [-0.25, -0.2) is 0 Å². The Morgan fingerprint density at radius 2 is 1.79 bits per heavy atom. The van der Waals surface area contributed by atoms with Crippen molar-refractivity contribution in [1.29, 1.82) is 0 Å². The van der Waals surface area contributed by atoms with E-state index in [0.717, 1.165) is 45.3 Å². The van der Waals surface area contributed by atoms with E-state index in [-0.39, 0.29) is 17.7 Å². The molecular weight excluding hydrogens is 304 g/mol. The number of hydrogen-bond donors (Lipinski definition) is 1. The van der Waals surface area contributed by atoms with E-state index in [9.17, 15) is 9.59 Å². The second-order valence-corrected chi connectivity index (χ2v) is 6.74. The number of nitrogens with zero attached hydrogens (tertiary/aromatic N) is 3. The third-order valence-corrected chi connectivity index (χ3v) is 5.13. The van der Waals surface area contributed by atoms with E-state index in [0.29, 0.717) is 18.2 Å². The zero-order valence-electron chi connectivity index (χ0n) is 14.3. The highest BCUT2D eigenvalue weighted by atomic mass is 16.2. The van der Waals surface area contributed by atoms with Gasteiger partial charge in [-0.2, -0.15) is 0 Å². The third-order valence-electron chi connectivity index (χ3n) is 5.13. The van der Waals surface area contributed by atoms with Gasteiger partial charge in [0.25, 0.3) is 5.91 Å². The first-order chi connectivity index (χ1) is 11.7. The molecule has 2 aliphatic heterocycles. The summed E-state index contributed by atoms with van der Waals surface area (Å²) in [6, 6.07) is 3.85. The molecule has 2 amide bonds. The molecule has 3 heterocycles. The number of aromatic nitrogens is 1. The molecule has 2 unspecified atom stereocenters. The topological polar surface area (TPSA) is 65.5 Å². The van der Waals surface area contributed by atoms with Gasteiger partial charge in [0, 0.05) is 50.2 Å². The summed E-state index contributed by atoms with van der Waals surface area (Å²) in [5.41, 5.74) is 0.645. The lowest BCUT2D eigenvalue weighted by Crippen LogP contribution is -2.52. The number of carbonyl (C=O) groups excluding carboxylic acids is 2. The van der Waals surface area contributed by atoms with E-state index in [2.05, 4.69) is 10.3 Å². The minimum Gasteiger partial charge on any atom is -0.341 e. The van der Waals surface area contributed by atoms with Crippen molar-refractivity contribution in [2.24, 2.45) is 5.92 Å². The molecule has 1 aromatic rings. The van der Waals surface area contributed by atoms with Crippen molar-refractivity contribution in [1.82, 2.24) is 20.1 Å². The summed E-state index contributed by atoms with van der Waals surface area (Å²) in [7, 11) is 1.95. The minimum absolute atomic E-state index is 0.00152. The van der Waals surface area contributed by atoms with Crippen LogP contribution in [0.2, 0.25) is 0 Å². The zero-order valence-corrected chi connectivity index (χ0v) is 14.3.